The third-order valence-electron chi connectivity index (χ3n) is 11.2. The van der Waals surface area contributed by atoms with E-state index >= 15 is 0 Å². The summed E-state index contributed by atoms with van der Waals surface area (Å²) in [5, 5.41) is 0. The van der Waals surface area contributed by atoms with Crippen LogP contribution >= 0.6 is 7.82 Å². The molecule has 0 spiro atoms. The van der Waals surface area contributed by atoms with Crippen LogP contribution in [0.1, 0.15) is 181 Å². The molecule has 0 aromatic heterocycles. The summed E-state index contributed by atoms with van der Waals surface area (Å²) in [7, 11) is 1.10. The highest BCUT2D eigenvalue weighted by molar-refractivity contribution is 7.45. The minimum Gasteiger partial charge on any atom is -0.756 e. The summed E-state index contributed by atoms with van der Waals surface area (Å²) >= 11 is 0. The molecule has 0 aliphatic carbocycles. The van der Waals surface area contributed by atoms with E-state index in [1.807, 2.05) is 21.1 Å². The summed E-state index contributed by atoms with van der Waals surface area (Å²) in [6.45, 7) is 3.90. The topological polar surface area (TPSA) is 111 Å². The van der Waals surface area contributed by atoms with Crippen molar-refractivity contribution >= 4 is 19.8 Å². The highest BCUT2D eigenvalue weighted by Gasteiger charge is 2.21. The van der Waals surface area contributed by atoms with Gasteiger partial charge in [0.1, 0.15) is 19.8 Å². The standard InChI is InChI=1S/C66H104NO8P/c1-6-8-10-12-14-16-18-20-22-24-26-28-30-32-33-35-37-39-41-43-45-47-49-51-53-55-57-59-66(69)75-64(63-74-76(70,71)73-61-60-67(3,4)5)62-72-65(68)58-56-54-52-50-48-46-44-42-40-38-36-34-31-29-27-25-23-21-19-17-15-13-11-9-7-2/h8-11,14-17,20-23,26-29,32-34,36-37,39-40,42-43,45,49,51,64H,6-7,12-13,18-19,24-25,30-31,35,38,41,44,46-48,50,52-63H2,1-5H3/b10-8-,11-9-,16-14-,17-15-,22-20-,23-21-,28-26-,29-27-,33-32-,36-34-,39-37-,42-40-,45-43-,51-49-. The number of allylic oxidation sites excluding steroid dienone is 28. The molecular formula is C66H104NO8P. The molecule has 0 N–H and O–H groups in total. The summed E-state index contributed by atoms with van der Waals surface area (Å²) in [6, 6.07) is 0. The molecule has 9 nitrogen and oxygen atoms in total. The summed E-state index contributed by atoms with van der Waals surface area (Å²) in [5.74, 6) is -0.919. The van der Waals surface area contributed by atoms with Gasteiger partial charge in [-0.25, -0.2) is 0 Å². The van der Waals surface area contributed by atoms with Crippen molar-refractivity contribution in [1.29, 1.82) is 0 Å². The molecule has 426 valence electrons. The molecule has 0 saturated heterocycles. The van der Waals surface area contributed by atoms with Crippen LogP contribution in [0.4, 0.5) is 0 Å². The average molecular weight is 1070 g/mol. The lowest BCUT2D eigenvalue weighted by atomic mass is 10.1. The number of nitrogens with zero attached hydrogens (tertiary/aromatic N) is 1. The second-order valence-corrected chi connectivity index (χ2v) is 20.9. The molecule has 0 fully saturated rings. The van der Waals surface area contributed by atoms with Gasteiger partial charge >= 0.3 is 11.9 Å². The number of hydrogen-bond donors (Lipinski definition) is 0. The van der Waals surface area contributed by atoms with Crippen molar-refractivity contribution in [3.8, 4) is 0 Å². The molecule has 0 rings (SSSR count). The average Bonchev–Trinajstić information content (AvgIpc) is 3.38. The molecule has 0 aromatic rings. The van der Waals surface area contributed by atoms with Crippen molar-refractivity contribution in [2.45, 2.75) is 187 Å². The number of carbonyl (C=O) groups excluding carboxylic acids is 2. The summed E-state index contributed by atoms with van der Waals surface area (Å²) in [6.07, 6.45) is 83.9. The Balaban J connectivity index is 4.37. The first kappa shape index (κ1) is 71.4. The minimum absolute atomic E-state index is 0.0533. The Morgan fingerprint density at radius 2 is 0.711 bits per heavy atom. The molecular weight excluding hydrogens is 966 g/mol. The Hall–Kier alpha value is -4.63. The number of hydrogen-bond acceptors (Lipinski definition) is 8. The maximum absolute atomic E-state index is 12.8. The van der Waals surface area contributed by atoms with Crippen molar-refractivity contribution in [1.82, 2.24) is 0 Å². The molecule has 10 heteroatoms. The smallest absolute Gasteiger partial charge is 0.306 e. The minimum atomic E-state index is -4.67. The van der Waals surface area contributed by atoms with Gasteiger partial charge in [0.15, 0.2) is 6.10 Å². The van der Waals surface area contributed by atoms with Gasteiger partial charge in [-0.1, -0.05) is 210 Å². The van der Waals surface area contributed by atoms with E-state index in [-0.39, 0.29) is 26.1 Å². The Bertz CT molecular complexity index is 1880. The van der Waals surface area contributed by atoms with Crippen LogP contribution in [0.2, 0.25) is 0 Å². The second-order valence-electron chi connectivity index (χ2n) is 19.5. The second kappa shape index (κ2) is 55.1. The maximum Gasteiger partial charge on any atom is 0.306 e. The maximum atomic E-state index is 12.8. The number of phosphoric ester groups is 1. The molecule has 0 amide bonds. The first-order valence-corrected chi connectivity index (χ1v) is 30.3. The van der Waals surface area contributed by atoms with Crippen molar-refractivity contribution in [2.24, 2.45) is 0 Å². The molecule has 0 aliphatic rings. The number of quaternary nitrogens is 1. The highest BCUT2D eigenvalue weighted by Crippen LogP contribution is 2.38. The lowest BCUT2D eigenvalue weighted by Gasteiger charge is -2.28. The zero-order chi connectivity index (χ0) is 55.6. The fourth-order valence-electron chi connectivity index (χ4n) is 6.85. The van der Waals surface area contributed by atoms with Crippen molar-refractivity contribution in [3.63, 3.8) is 0 Å². The third-order valence-corrected chi connectivity index (χ3v) is 12.2. The molecule has 76 heavy (non-hydrogen) atoms. The van der Waals surface area contributed by atoms with Gasteiger partial charge in [-0.3, -0.25) is 14.2 Å². The monoisotopic (exact) mass is 1070 g/mol. The number of rotatable bonds is 50. The number of phosphoric acid groups is 1. The van der Waals surface area contributed by atoms with E-state index in [9.17, 15) is 19.0 Å². The predicted molar refractivity (Wildman–Crippen MR) is 323 cm³/mol. The van der Waals surface area contributed by atoms with E-state index in [2.05, 4.69) is 184 Å². The number of ether oxygens (including phenoxy) is 2. The van der Waals surface area contributed by atoms with Gasteiger partial charge in [-0.05, 0) is 128 Å². The largest absolute Gasteiger partial charge is 0.756 e. The fraction of sp³-hybridized carbons (Fsp3) is 0.545. The molecule has 0 bridgehead atoms. The molecule has 2 unspecified atom stereocenters. The SMILES string of the molecule is CC/C=C\C/C=C\C/C=C\C/C=C\C/C=C\C/C=C\C/C=C\C/C=C\CCCCC(=O)OC(COC(=O)CCCCCCCC/C=C\C/C=C\C/C=C\C/C=C\C/C=C\C/C=C\CC)COP(=O)([O-])OCC[N+](C)(C)C. The predicted octanol–water partition coefficient (Wildman–Crippen LogP) is 17.6. The van der Waals surface area contributed by atoms with Crippen molar-refractivity contribution in [3.05, 3.63) is 170 Å². The summed E-state index contributed by atoms with van der Waals surface area (Å²) in [4.78, 5) is 37.9. The van der Waals surface area contributed by atoms with Crippen molar-refractivity contribution < 1.29 is 42.1 Å². The van der Waals surface area contributed by atoms with Crippen LogP contribution in [0, 0.1) is 0 Å². The van der Waals surface area contributed by atoms with Gasteiger partial charge in [0.05, 0.1) is 27.7 Å². The summed E-state index contributed by atoms with van der Waals surface area (Å²) < 4.78 is 34.1. The van der Waals surface area contributed by atoms with E-state index in [1.54, 1.807) is 0 Å². The Kier molecular flexibility index (Phi) is 51.8. The molecule has 2 atom stereocenters. The zero-order valence-electron chi connectivity index (χ0n) is 48.1. The van der Waals surface area contributed by atoms with Gasteiger partial charge in [0.2, 0.25) is 0 Å². The van der Waals surface area contributed by atoms with E-state index < -0.39 is 32.5 Å². The molecule has 0 radical (unpaired) electrons. The third kappa shape index (κ3) is 58.6. The Morgan fingerprint density at radius 1 is 0.408 bits per heavy atom. The quantitative estimate of drug-likeness (QED) is 0.0195. The fourth-order valence-corrected chi connectivity index (χ4v) is 7.58. The lowest BCUT2D eigenvalue weighted by Crippen LogP contribution is -2.37. The summed E-state index contributed by atoms with van der Waals surface area (Å²) in [5.41, 5.74) is 0. The first-order valence-electron chi connectivity index (χ1n) is 28.8. The molecule has 0 saturated carbocycles. The van der Waals surface area contributed by atoms with Crippen LogP contribution < -0.4 is 4.89 Å². The van der Waals surface area contributed by atoms with Crippen LogP contribution in [0.3, 0.4) is 0 Å². The Morgan fingerprint density at radius 3 is 1.08 bits per heavy atom. The van der Waals surface area contributed by atoms with Gasteiger partial charge in [-0.15, -0.1) is 0 Å². The van der Waals surface area contributed by atoms with Crippen LogP contribution in [-0.2, 0) is 32.7 Å². The normalized spacial score (nSPS) is 14.6. The van der Waals surface area contributed by atoms with Gasteiger partial charge in [-0.2, -0.15) is 0 Å². The van der Waals surface area contributed by atoms with Gasteiger partial charge < -0.3 is 27.9 Å². The first-order chi connectivity index (χ1) is 37.0. The van der Waals surface area contributed by atoms with Crippen LogP contribution in [-0.4, -0.2) is 70.0 Å². The molecule has 0 aliphatic heterocycles. The molecule has 0 heterocycles. The number of esters is 2. The van der Waals surface area contributed by atoms with Crippen molar-refractivity contribution in [2.75, 3.05) is 47.5 Å². The van der Waals surface area contributed by atoms with E-state index in [0.29, 0.717) is 23.9 Å². The lowest BCUT2D eigenvalue weighted by molar-refractivity contribution is -0.870. The van der Waals surface area contributed by atoms with E-state index in [4.69, 9.17) is 18.5 Å². The van der Waals surface area contributed by atoms with Crippen LogP contribution in [0.5, 0.6) is 0 Å². The van der Waals surface area contributed by atoms with E-state index in [1.165, 1.54) is 0 Å². The number of likely N-dealkylation sites (N-methyl/N-ethyl adjacent to an activating group) is 1. The van der Waals surface area contributed by atoms with Crippen LogP contribution in [0.15, 0.2) is 170 Å². The van der Waals surface area contributed by atoms with Gasteiger partial charge in [0, 0.05) is 12.8 Å². The number of unbranched alkanes of at least 4 members (excludes halogenated alkanes) is 8. The zero-order valence-corrected chi connectivity index (χ0v) is 49.0. The highest BCUT2D eigenvalue weighted by atomic mass is 31.2. The molecule has 0 aromatic carbocycles. The van der Waals surface area contributed by atoms with E-state index in [0.717, 1.165) is 141 Å². The van der Waals surface area contributed by atoms with Gasteiger partial charge in [0.25, 0.3) is 7.82 Å². The Labute approximate surface area is 464 Å². The van der Waals surface area contributed by atoms with Crippen LogP contribution in [0.25, 0.3) is 0 Å². The number of carbonyl (C=O) groups is 2.